The Kier molecular flexibility index (Phi) is 24.0. The van der Waals surface area contributed by atoms with E-state index in [4.69, 9.17) is 67.3 Å². The topological polar surface area (TPSA) is 638 Å². The SMILES string of the molecule is N[C@H]1C(O)O[C@H](CO)[C@@H](O[C@H]2O[C@H](CO[C@H]3O[C@H](CO)[C@@H](O)[C@H](O)[C@@H]3O[C@H]3O[C@H](COP(=O)(O)O)[C@@H](O)[C@H](O)[C@@H]3O[C@H]3O[C@H](CO)[C@@H](O)[C@H](O[C@H]4O[C@H](CO)[C@@H](O)[C@H](O)[C@@H]4O)[C@@H]3O[C@H]3O[C@H](CO)[C@@H](O)[C@H](O)[C@@H]3O)[C@@H](O)[C@H](O)[C@@H]2O)[C@@H]1O. The molecule has 1 unspecified atom stereocenters. The molecule has 7 aliphatic rings. The molecule has 0 aromatic carbocycles. The third-order valence-electron chi connectivity index (χ3n) is 14.8. The van der Waals surface area contributed by atoms with Gasteiger partial charge in [0.25, 0.3) is 0 Å². The summed E-state index contributed by atoms with van der Waals surface area (Å²) in [6, 6.07) is -1.54. The van der Waals surface area contributed by atoms with E-state index in [-0.39, 0.29) is 0 Å². The predicted octanol–water partition coefficient (Wildman–Crippen LogP) is -16.2. The largest absolute Gasteiger partial charge is 0.469 e. The zero-order valence-corrected chi connectivity index (χ0v) is 43.5. The average molecular weight is 1230 g/mol. The molecule has 0 aromatic heterocycles. The van der Waals surface area contributed by atoms with Crippen molar-refractivity contribution in [3.8, 4) is 0 Å². The van der Waals surface area contributed by atoms with Crippen LogP contribution in [0.25, 0.3) is 0 Å². The van der Waals surface area contributed by atoms with Gasteiger partial charge in [-0.1, -0.05) is 0 Å². The van der Waals surface area contributed by atoms with Crippen molar-refractivity contribution in [3.05, 3.63) is 0 Å². The van der Waals surface area contributed by atoms with Gasteiger partial charge >= 0.3 is 7.82 Å². The zero-order valence-electron chi connectivity index (χ0n) is 42.6. The first-order valence-corrected chi connectivity index (χ1v) is 27.0. The third-order valence-corrected chi connectivity index (χ3v) is 15.3. The number of aliphatic hydroxyl groups excluding tert-OH is 21. The molecule has 0 saturated carbocycles. The van der Waals surface area contributed by atoms with Crippen LogP contribution in [0.4, 0.5) is 0 Å². The van der Waals surface area contributed by atoms with Crippen LogP contribution < -0.4 is 5.73 Å². The Hall–Kier alpha value is -1.29. The van der Waals surface area contributed by atoms with E-state index >= 15 is 0 Å². The van der Waals surface area contributed by atoms with Gasteiger partial charge in [0.15, 0.2) is 44.0 Å². The van der Waals surface area contributed by atoms with E-state index in [0.29, 0.717) is 0 Å². The standard InChI is InChI=1S/C42H74NO38P/c43-15-22(55)31(12(5-48)70-36(15)64)77-39-30(63)25(58)19(52)13(75-39)6-68-40-33(26(59)18(51)10(3-46)73-40)79-41-34(27(60)20(53)14(76-41)7-69-82(65,66)67)80-42-35(81-38-29(62)24(57)17(50)9(2-45)72-38)32(21(54)11(4-47)74-42)78-37-28(61)23(56)16(49)8(1-44)71-37/h8-42,44-64H,1-7,43H2,(H2,65,66,67)/t8-,9-,10-,11-,12-,13-,14-,15-,16-,17-,18-,19-,20-,21-,22-,23+,24+,25+,26+,27+,28+,29+,30+,31-,32+,33+,34+,35+,36?,37-,38-,39-,40+,41-,42-/m1/s1. The van der Waals surface area contributed by atoms with E-state index in [2.05, 4.69) is 4.52 Å². The van der Waals surface area contributed by atoms with Crippen LogP contribution in [0.15, 0.2) is 0 Å². The highest BCUT2D eigenvalue weighted by atomic mass is 31.2. The highest BCUT2D eigenvalue weighted by molar-refractivity contribution is 7.46. The quantitative estimate of drug-likeness (QED) is 0.0475. The highest BCUT2D eigenvalue weighted by Gasteiger charge is 2.59. The molecule has 7 rings (SSSR count). The fourth-order valence-electron chi connectivity index (χ4n) is 10.0. The van der Waals surface area contributed by atoms with E-state index in [0.717, 1.165) is 0 Å². The molecular formula is C42H74NO38P. The molecule has 35 atom stereocenters. The van der Waals surface area contributed by atoms with E-state index in [9.17, 15) is 122 Å². The Bertz CT molecular complexity index is 2010. The van der Waals surface area contributed by atoms with Gasteiger partial charge in [0.2, 0.25) is 0 Å². The summed E-state index contributed by atoms with van der Waals surface area (Å²) in [5, 5.41) is 226. The van der Waals surface area contributed by atoms with Gasteiger partial charge in [0.05, 0.1) is 52.3 Å². The van der Waals surface area contributed by atoms with Crippen LogP contribution in [0.5, 0.6) is 0 Å². The number of phosphoric ester groups is 1. The second-order valence-corrected chi connectivity index (χ2v) is 21.5. The molecule has 25 N–H and O–H groups in total. The third kappa shape index (κ3) is 14.7. The van der Waals surface area contributed by atoms with Gasteiger partial charge in [-0.25, -0.2) is 4.57 Å². The molecular weight excluding hydrogens is 1160 g/mol. The van der Waals surface area contributed by atoms with Crippen LogP contribution in [-0.2, 0) is 70.7 Å². The molecule has 0 radical (unpaired) electrons. The number of hydrogen-bond acceptors (Lipinski definition) is 37. The minimum Gasteiger partial charge on any atom is -0.394 e. The van der Waals surface area contributed by atoms with Gasteiger partial charge in [-0.15, -0.1) is 0 Å². The molecule has 40 heteroatoms. The Balaban J connectivity index is 1.22. The maximum Gasteiger partial charge on any atom is 0.469 e. The van der Waals surface area contributed by atoms with Gasteiger partial charge in [-0.2, -0.15) is 0 Å². The van der Waals surface area contributed by atoms with Crippen LogP contribution in [0.3, 0.4) is 0 Å². The van der Waals surface area contributed by atoms with Crippen molar-refractivity contribution in [2.75, 3.05) is 46.2 Å². The first-order chi connectivity index (χ1) is 38.6. The molecule has 7 fully saturated rings. The summed E-state index contributed by atoms with van der Waals surface area (Å²) in [5.41, 5.74) is 5.78. The Labute approximate surface area is 461 Å². The summed E-state index contributed by atoms with van der Waals surface area (Å²) >= 11 is 0. The van der Waals surface area contributed by atoms with Crippen molar-refractivity contribution in [2.45, 2.75) is 215 Å². The van der Waals surface area contributed by atoms with Gasteiger partial charge in [0.1, 0.15) is 165 Å². The van der Waals surface area contributed by atoms with Crippen molar-refractivity contribution in [3.63, 3.8) is 0 Å². The van der Waals surface area contributed by atoms with Crippen molar-refractivity contribution < 1.29 is 188 Å². The molecule has 7 aliphatic heterocycles. The minimum absolute atomic E-state index is 0.895. The molecule has 82 heavy (non-hydrogen) atoms. The highest BCUT2D eigenvalue weighted by Crippen LogP contribution is 2.41. The summed E-state index contributed by atoms with van der Waals surface area (Å²) < 4.78 is 90.9. The summed E-state index contributed by atoms with van der Waals surface area (Å²) in [6.45, 7) is -7.50. The molecule has 0 aliphatic carbocycles. The van der Waals surface area contributed by atoms with Crippen LogP contribution >= 0.6 is 7.82 Å². The van der Waals surface area contributed by atoms with Gasteiger partial charge in [-0.05, 0) is 0 Å². The summed E-state index contributed by atoms with van der Waals surface area (Å²) in [7, 11) is -5.44. The van der Waals surface area contributed by atoms with Crippen LogP contribution in [-0.4, -0.2) is 378 Å². The predicted molar refractivity (Wildman–Crippen MR) is 245 cm³/mol. The molecule has 39 nitrogen and oxygen atoms in total. The molecule has 0 spiro atoms. The van der Waals surface area contributed by atoms with E-state index < -0.39 is 269 Å². The molecule has 480 valence electrons. The fraction of sp³-hybridized carbons (Fsp3) is 1.00. The fourth-order valence-corrected chi connectivity index (χ4v) is 10.4. The molecule has 0 amide bonds. The van der Waals surface area contributed by atoms with Gasteiger partial charge in [-0.3, -0.25) is 4.52 Å². The molecule has 7 heterocycles. The monoisotopic (exact) mass is 1230 g/mol. The second-order valence-electron chi connectivity index (χ2n) is 20.3. The minimum atomic E-state index is -5.44. The second kappa shape index (κ2) is 28.9. The van der Waals surface area contributed by atoms with Crippen molar-refractivity contribution >= 4 is 7.82 Å². The smallest absolute Gasteiger partial charge is 0.394 e. The lowest BCUT2D eigenvalue weighted by atomic mass is 9.95. The van der Waals surface area contributed by atoms with Crippen molar-refractivity contribution in [2.24, 2.45) is 5.73 Å². The first kappa shape index (κ1) is 68.2. The van der Waals surface area contributed by atoms with Gasteiger partial charge < -0.3 is 184 Å². The number of aliphatic hydroxyl groups is 21. The first-order valence-electron chi connectivity index (χ1n) is 25.5. The zero-order chi connectivity index (χ0) is 60.6. The van der Waals surface area contributed by atoms with E-state index in [1.807, 2.05) is 0 Å². The van der Waals surface area contributed by atoms with E-state index in [1.54, 1.807) is 0 Å². The maximum absolute atomic E-state index is 11.9. The molecule has 0 aromatic rings. The van der Waals surface area contributed by atoms with Crippen molar-refractivity contribution in [1.82, 2.24) is 0 Å². The van der Waals surface area contributed by atoms with Crippen molar-refractivity contribution in [1.29, 1.82) is 0 Å². The summed E-state index contributed by atoms with van der Waals surface area (Å²) in [6.07, 6.45) is -71.2. The lowest BCUT2D eigenvalue weighted by molar-refractivity contribution is -0.417. The normalized spacial score (nSPS) is 51.7. The lowest BCUT2D eigenvalue weighted by Gasteiger charge is -2.51. The Morgan fingerprint density at radius 2 is 0.646 bits per heavy atom. The maximum atomic E-state index is 11.9. The van der Waals surface area contributed by atoms with Crippen LogP contribution in [0.2, 0.25) is 0 Å². The number of rotatable bonds is 21. The number of hydrogen-bond donors (Lipinski definition) is 24. The molecule has 0 bridgehead atoms. The molecule has 7 saturated heterocycles. The van der Waals surface area contributed by atoms with Crippen LogP contribution in [0, 0.1) is 0 Å². The Morgan fingerprint density at radius 1 is 0.317 bits per heavy atom. The van der Waals surface area contributed by atoms with Gasteiger partial charge in [0, 0.05) is 0 Å². The number of ether oxygens (including phenoxy) is 13. The average Bonchev–Trinajstić information content (AvgIpc) is 3.57. The number of nitrogens with two attached hydrogens (primary N) is 1. The van der Waals surface area contributed by atoms with Crippen LogP contribution in [0.1, 0.15) is 0 Å². The Morgan fingerprint density at radius 3 is 1.12 bits per heavy atom. The summed E-state index contributed by atoms with van der Waals surface area (Å²) in [5.74, 6) is 0. The number of phosphoric acid groups is 1. The van der Waals surface area contributed by atoms with E-state index in [1.165, 1.54) is 0 Å². The lowest BCUT2D eigenvalue weighted by Crippen LogP contribution is -2.69. The summed E-state index contributed by atoms with van der Waals surface area (Å²) in [4.78, 5) is 19.1.